The lowest BCUT2D eigenvalue weighted by molar-refractivity contribution is -0.144. The monoisotopic (exact) mass is 440 g/mol. The Balaban J connectivity index is 1.89. The number of benzene rings is 1. The zero-order valence-corrected chi connectivity index (χ0v) is 16.7. The van der Waals surface area contributed by atoms with E-state index in [1.54, 1.807) is 0 Å². The quantitative estimate of drug-likeness (QED) is 0.280. The molecule has 4 rings (SSSR count). The van der Waals surface area contributed by atoms with Gasteiger partial charge in [-0.3, -0.25) is 19.2 Å². The average Bonchev–Trinajstić information content (AvgIpc) is 2.69. The number of allylic oxidation sites excluding steroid dienone is 2. The van der Waals surface area contributed by atoms with Crippen LogP contribution in [-0.2, 0) is 20.8 Å². The van der Waals surface area contributed by atoms with E-state index >= 15 is 0 Å². The first-order valence-corrected chi connectivity index (χ1v) is 9.78. The second-order valence-electron chi connectivity index (χ2n) is 8.17. The van der Waals surface area contributed by atoms with Gasteiger partial charge in [0.05, 0.1) is 5.56 Å². The molecule has 0 fully saturated rings. The molecule has 0 unspecified atom stereocenters. The standard InChI is InChI=1S/C22H20N2O8/c23-14(27)4-2-8-1-3-12(25)16-11(8)6-9-5-10-7-13(26)17(21(24)31)20(30)22(10,32)19(29)15(9)18(16)28/h1-4,9-10,25-26,29,32H,5-7H2,(H2,23,27)(H2,24,31)/t9-,10+,22+/m1/s1. The number of primary amides is 2. The molecule has 0 spiro atoms. The van der Waals surface area contributed by atoms with Crippen LogP contribution in [0, 0.1) is 11.8 Å². The van der Waals surface area contributed by atoms with Crippen LogP contribution in [0.1, 0.15) is 34.3 Å². The van der Waals surface area contributed by atoms with Crippen molar-refractivity contribution in [1.82, 2.24) is 0 Å². The fourth-order valence-electron chi connectivity index (χ4n) is 4.97. The summed E-state index contributed by atoms with van der Waals surface area (Å²) in [5, 5.41) is 42.6. The van der Waals surface area contributed by atoms with Crippen LogP contribution in [0.5, 0.6) is 5.75 Å². The Morgan fingerprint density at radius 1 is 1.09 bits per heavy atom. The van der Waals surface area contributed by atoms with E-state index in [2.05, 4.69) is 0 Å². The predicted molar refractivity (Wildman–Crippen MR) is 109 cm³/mol. The Morgan fingerprint density at radius 2 is 1.78 bits per heavy atom. The highest BCUT2D eigenvalue weighted by Gasteiger charge is 2.59. The lowest BCUT2D eigenvalue weighted by Gasteiger charge is -2.45. The number of fused-ring (bicyclic) bond motifs is 3. The molecule has 0 radical (unpaired) electrons. The second-order valence-corrected chi connectivity index (χ2v) is 8.17. The van der Waals surface area contributed by atoms with Crippen LogP contribution >= 0.6 is 0 Å². The minimum absolute atomic E-state index is 0.0253. The maximum Gasteiger partial charge on any atom is 0.255 e. The zero-order valence-electron chi connectivity index (χ0n) is 16.7. The normalized spacial score (nSPS) is 27.3. The van der Waals surface area contributed by atoms with Crippen molar-refractivity contribution in [3.05, 3.63) is 57.6 Å². The summed E-state index contributed by atoms with van der Waals surface area (Å²) in [6.45, 7) is 0. The van der Waals surface area contributed by atoms with Crippen molar-refractivity contribution in [3.63, 3.8) is 0 Å². The fraction of sp³-hybridized carbons (Fsp3) is 0.273. The molecule has 3 aliphatic carbocycles. The lowest BCUT2D eigenvalue weighted by atomic mass is 9.60. The number of carbonyl (C=O) groups is 4. The Kier molecular flexibility index (Phi) is 4.70. The number of aliphatic hydroxyl groups is 3. The Hall–Kier alpha value is -3.92. The number of nitrogens with two attached hydrogens (primary N) is 2. The van der Waals surface area contributed by atoms with Gasteiger partial charge in [-0.1, -0.05) is 6.07 Å². The second kappa shape index (κ2) is 7.06. The van der Waals surface area contributed by atoms with Crippen molar-refractivity contribution >= 4 is 29.5 Å². The molecular formula is C22H20N2O8. The first-order valence-electron chi connectivity index (χ1n) is 9.78. The molecule has 2 amide bonds. The summed E-state index contributed by atoms with van der Waals surface area (Å²) >= 11 is 0. The molecule has 0 bridgehead atoms. The zero-order chi connectivity index (χ0) is 23.5. The van der Waals surface area contributed by atoms with Gasteiger partial charge in [-0.2, -0.15) is 0 Å². The Bertz CT molecular complexity index is 1210. The highest BCUT2D eigenvalue weighted by molar-refractivity contribution is 6.24. The largest absolute Gasteiger partial charge is 0.511 e. The molecule has 32 heavy (non-hydrogen) atoms. The van der Waals surface area contributed by atoms with E-state index in [1.807, 2.05) is 0 Å². The highest BCUT2D eigenvalue weighted by Crippen LogP contribution is 2.51. The molecule has 166 valence electrons. The molecule has 0 saturated carbocycles. The van der Waals surface area contributed by atoms with E-state index in [1.165, 1.54) is 18.2 Å². The van der Waals surface area contributed by atoms with E-state index in [0.717, 1.165) is 6.08 Å². The first-order chi connectivity index (χ1) is 15.0. The minimum Gasteiger partial charge on any atom is -0.511 e. The summed E-state index contributed by atoms with van der Waals surface area (Å²) in [5.74, 6) is -7.57. The van der Waals surface area contributed by atoms with Crippen molar-refractivity contribution < 1.29 is 39.6 Å². The maximum absolute atomic E-state index is 13.3. The van der Waals surface area contributed by atoms with E-state index in [9.17, 15) is 39.6 Å². The third-order valence-corrected chi connectivity index (χ3v) is 6.41. The van der Waals surface area contributed by atoms with Crippen molar-refractivity contribution in [2.24, 2.45) is 23.3 Å². The van der Waals surface area contributed by atoms with Gasteiger partial charge in [0.25, 0.3) is 5.91 Å². The number of phenolic OH excluding ortho intramolecular Hbond substituents is 1. The molecule has 10 nitrogen and oxygen atoms in total. The topological polar surface area (TPSA) is 201 Å². The Labute approximate surface area is 181 Å². The summed E-state index contributed by atoms with van der Waals surface area (Å²) in [6.07, 6.45) is 2.37. The van der Waals surface area contributed by atoms with Gasteiger partial charge < -0.3 is 31.9 Å². The molecule has 0 aliphatic heterocycles. The number of aliphatic hydroxyl groups excluding tert-OH is 2. The van der Waals surface area contributed by atoms with Crippen LogP contribution in [0.25, 0.3) is 6.08 Å². The van der Waals surface area contributed by atoms with E-state index < -0.39 is 57.9 Å². The molecule has 0 heterocycles. The summed E-state index contributed by atoms with van der Waals surface area (Å²) in [5.41, 5.74) is 7.37. The molecule has 0 aromatic heterocycles. The van der Waals surface area contributed by atoms with Crippen molar-refractivity contribution in [2.45, 2.75) is 24.9 Å². The number of carbonyl (C=O) groups excluding carboxylic acids is 4. The van der Waals surface area contributed by atoms with Crippen LogP contribution in [0.4, 0.5) is 0 Å². The third-order valence-electron chi connectivity index (χ3n) is 6.41. The number of amides is 2. The average molecular weight is 440 g/mol. The summed E-state index contributed by atoms with van der Waals surface area (Å²) in [4.78, 5) is 48.9. The number of Topliss-reactive ketones (excluding diaryl/α,β-unsaturated/α-hetero) is 2. The van der Waals surface area contributed by atoms with Gasteiger partial charge in [-0.05, 0) is 42.0 Å². The van der Waals surface area contributed by atoms with Crippen LogP contribution < -0.4 is 11.5 Å². The third kappa shape index (κ3) is 2.83. The predicted octanol–water partition coefficient (Wildman–Crippen LogP) is 0.0790. The molecule has 8 N–H and O–H groups in total. The van der Waals surface area contributed by atoms with Gasteiger partial charge in [-0.25, -0.2) is 0 Å². The first kappa shape index (κ1) is 21.3. The van der Waals surface area contributed by atoms with Crippen LogP contribution in [0.2, 0.25) is 0 Å². The van der Waals surface area contributed by atoms with Gasteiger partial charge in [0.2, 0.25) is 11.7 Å². The molecule has 1 aromatic rings. The molecule has 3 atom stereocenters. The van der Waals surface area contributed by atoms with E-state index in [0.29, 0.717) is 11.1 Å². The summed E-state index contributed by atoms with van der Waals surface area (Å²) < 4.78 is 0. The number of ketones is 2. The van der Waals surface area contributed by atoms with E-state index in [4.69, 9.17) is 11.5 Å². The molecule has 1 aromatic carbocycles. The molecule has 0 saturated heterocycles. The Morgan fingerprint density at radius 3 is 2.41 bits per heavy atom. The van der Waals surface area contributed by atoms with Gasteiger partial charge in [-0.15, -0.1) is 0 Å². The molecular weight excluding hydrogens is 420 g/mol. The highest BCUT2D eigenvalue weighted by atomic mass is 16.3. The smallest absolute Gasteiger partial charge is 0.255 e. The number of hydrogen-bond acceptors (Lipinski definition) is 8. The van der Waals surface area contributed by atoms with Gasteiger partial charge >= 0.3 is 0 Å². The van der Waals surface area contributed by atoms with Crippen molar-refractivity contribution in [3.8, 4) is 5.75 Å². The van der Waals surface area contributed by atoms with Crippen LogP contribution in [0.15, 0.2) is 40.9 Å². The number of hydrogen-bond donors (Lipinski definition) is 6. The van der Waals surface area contributed by atoms with Gasteiger partial charge in [0.15, 0.2) is 11.4 Å². The lowest BCUT2D eigenvalue weighted by Crippen LogP contribution is -2.57. The summed E-state index contributed by atoms with van der Waals surface area (Å²) in [6, 6.07) is 2.75. The minimum atomic E-state index is -2.60. The van der Waals surface area contributed by atoms with Gasteiger partial charge in [0, 0.05) is 24.0 Å². The summed E-state index contributed by atoms with van der Waals surface area (Å²) in [7, 11) is 0. The number of rotatable bonds is 3. The van der Waals surface area contributed by atoms with Gasteiger partial charge in [0.1, 0.15) is 22.8 Å². The van der Waals surface area contributed by atoms with Crippen LogP contribution in [0.3, 0.4) is 0 Å². The maximum atomic E-state index is 13.3. The van der Waals surface area contributed by atoms with Crippen molar-refractivity contribution in [1.29, 1.82) is 0 Å². The number of phenols is 1. The molecule has 10 heteroatoms. The van der Waals surface area contributed by atoms with E-state index in [-0.39, 0.29) is 36.1 Å². The fourth-order valence-corrected chi connectivity index (χ4v) is 4.97. The number of aromatic hydroxyl groups is 1. The SMILES string of the molecule is NC(=O)C=Cc1ccc(O)c2c1C[C@H]1C[C@H]3CC(O)=C(C(N)=O)C(=O)[C@@]3(O)C(O)=C1C2=O. The van der Waals surface area contributed by atoms with Crippen molar-refractivity contribution in [2.75, 3.05) is 0 Å². The van der Waals surface area contributed by atoms with Crippen LogP contribution in [-0.4, -0.2) is 49.4 Å². The molecule has 3 aliphatic rings.